The van der Waals surface area contributed by atoms with Crippen molar-refractivity contribution in [2.24, 2.45) is 17.4 Å². The van der Waals surface area contributed by atoms with E-state index in [0.717, 1.165) is 6.42 Å². The molecule has 0 bridgehead atoms. The van der Waals surface area contributed by atoms with Gasteiger partial charge in [0.15, 0.2) is 18.1 Å². The zero-order valence-electron chi connectivity index (χ0n) is 14.7. The van der Waals surface area contributed by atoms with Crippen molar-refractivity contribution < 1.29 is 19.1 Å². The number of hydrogen-bond acceptors (Lipinski definition) is 5. The number of hydrogen-bond donors (Lipinski definition) is 2. The van der Waals surface area contributed by atoms with E-state index in [4.69, 9.17) is 20.9 Å². The summed E-state index contributed by atoms with van der Waals surface area (Å²) in [5, 5.41) is 0. The van der Waals surface area contributed by atoms with Crippen LogP contribution in [-0.4, -0.2) is 50.1 Å². The Balaban J connectivity index is 2.78. The number of nitrogens with zero attached hydrogens (tertiary/aromatic N) is 1. The molecule has 0 aliphatic heterocycles. The van der Waals surface area contributed by atoms with E-state index < -0.39 is 5.91 Å². The number of carbonyl (C=O) groups excluding carboxylic acids is 2. The summed E-state index contributed by atoms with van der Waals surface area (Å²) in [6, 6.07) is 4.85. The van der Waals surface area contributed by atoms with Gasteiger partial charge in [-0.3, -0.25) is 9.59 Å². The zero-order chi connectivity index (χ0) is 18.3. The number of carbonyl (C=O) groups is 2. The van der Waals surface area contributed by atoms with Crippen LogP contribution in [0, 0.1) is 5.92 Å². The molecule has 7 heteroatoms. The highest BCUT2D eigenvalue weighted by molar-refractivity contribution is 5.94. The fourth-order valence-corrected chi connectivity index (χ4v) is 2.07. The summed E-state index contributed by atoms with van der Waals surface area (Å²) in [6.45, 7) is 4.43. The van der Waals surface area contributed by atoms with Gasteiger partial charge in [-0.1, -0.05) is 13.8 Å². The Morgan fingerprint density at radius 1 is 1.25 bits per heavy atom. The van der Waals surface area contributed by atoms with Crippen molar-refractivity contribution in [3.8, 4) is 11.5 Å². The Kier molecular flexibility index (Phi) is 7.51. The Morgan fingerprint density at radius 3 is 2.46 bits per heavy atom. The molecule has 24 heavy (non-hydrogen) atoms. The molecule has 1 aromatic rings. The molecule has 0 spiro atoms. The third-order valence-electron chi connectivity index (χ3n) is 3.78. The molecule has 0 aliphatic carbocycles. The normalized spacial score (nSPS) is 11.9. The molecular formula is C17H27N3O4. The standard InChI is InChI=1S/C17H27N3O4/c1-11(2)13(18)7-8-20(3)17(22)12-5-6-14(15(9-12)23-4)24-10-16(19)21/h5-6,9,11,13H,7-8,10,18H2,1-4H3,(H2,19,21). The maximum absolute atomic E-state index is 12.5. The monoisotopic (exact) mass is 337 g/mol. The Morgan fingerprint density at radius 2 is 1.92 bits per heavy atom. The minimum Gasteiger partial charge on any atom is -0.493 e. The second-order valence-corrected chi connectivity index (χ2v) is 6.04. The van der Waals surface area contributed by atoms with E-state index in [0.29, 0.717) is 29.5 Å². The second-order valence-electron chi connectivity index (χ2n) is 6.04. The SMILES string of the molecule is COc1cc(C(=O)N(C)CCC(N)C(C)C)ccc1OCC(N)=O. The van der Waals surface area contributed by atoms with Crippen molar-refractivity contribution in [3.05, 3.63) is 23.8 Å². The van der Waals surface area contributed by atoms with Gasteiger partial charge >= 0.3 is 0 Å². The molecular weight excluding hydrogens is 310 g/mol. The number of ether oxygens (including phenoxy) is 2. The number of benzene rings is 1. The van der Waals surface area contributed by atoms with E-state index >= 15 is 0 Å². The largest absolute Gasteiger partial charge is 0.493 e. The van der Waals surface area contributed by atoms with Crippen LogP contribution in [0.15, 0.2) is 18.2 Å². The molecule has 1 aromatic carbocycles. The molecule has 0 aliphatic rings. The summed E-state index contributed by atoms with van der Waals surface area (Å²) in [6.07, 6.45) is 0.733. The molecule has 0 saturated heterocycles. The molecule has 1 atom stereocenters. The van der Waals surface area contributed by atoms with Crippen LogP contribution >= 0.6 is 0 Å². The van der Waals surface area contributed by atoms with Crippen LogP contribution in [0.25, 0.3) is 0 Å². The lowest BCUT2D eigenvalue weighted by Crippen LogP contribution is -2.34. The van der Waals surface area contributed by atoms with E-state index in [-0.39, 0.29) is 18.6 Å². The molecule has 1 unspecified atom stereocenters. The van der Waals surface area contributed by atoms with E-state index in [9.17, 15) is 9.59 Å². The van der Waals surface area contributed by atoms with Crippen LogP contribution in [0.1, 0.15) is 30.6 Å². The highest BCUT2D eigenvalue weighted by atomic mass is 16.5. The van der Waals surface area contributed by atoms with Gasteiger partial charge in [-0.25, -0.2) is 0 Å². The fourth-order valence-electron chi connectivity index (χ4n) is 2.07. The van der Waals surface area contributed by atoms with Crippen molar-refractivity contribution in [2.45, 2.75) is 26.3 Å². The summed E-state index contributed by atoms with van der Waals surface area (Å²) in [5.41, 5.74) is 11.5. The number of amides is 2. The van der Waals surface area contributed by atoms with Gasteiger partial charge in [0, 0.05) is 25.2 Å². The van der Waals surface area contributed by atoms with Gasteiger partial charge in [0.05, 0.1) is 7.11 Å². The molecule has 0 radical (unpaired) electrons. The van der Waals surface area contributed by atoms with E-state index in [2.05, 4.69) is 13.8 Å². The predicted molar refractivity (Wildman–Crippen MR) is 92.1 cm³/mol. The smallest absolute Gasteiger partial charge is 0.255 e. The van der Waals surface area contributed by atoms with Gasteiger partial charge in [-0.15, -0.1) is 0 Å². The molecule has 4 N–H and O–H groups in total. The molecule has 0 fully saturated rings. The molecule has 1 rings (SSSR count). The Bertz CT molecular complexity index is 575. The van der Waals surface area contributed by atoms with E-state index in [1.807, 2.05) is 0 Å². The quantitative estimate of drug-likeness (QED) is 0.699. The third kappa shape index (κ3) is 5.73. The minimum atomic E-state index is -0.585. The summed E-state index contributed by atoms with van der Waals surface area (Å²) in [5.74, 6) is 0.381. The van der Waals surface area contributed by atoms with E-state index in [1.54, 1.807) is 30.1 Å². The highest BCUT2D eigenvalue weighted by Crippen LogP contribution is 2.28. The number of rotatable bonds is 9. The van der Waals surface area contributed by atoms with Gasteiger partial charge in [0.1, 0.15) is 0 Å². The van der Waals surface area contributed by atoms with Crippen molar-refractivity contribution in [1.82, 2.24) is 4.90 Å². The number of primary amides is 1. The second kappa shape index (κ2) is 9.12. The number of nitrogens with two attached hydrogens (primary N) is 2. The average molecular weight is 337 g/mol. The molecule has 134 valence electrons. The van der Waals surface area contributed by atoms with Crippen molar-refractivity contribution >= 4 is 11.8 Å². The maximum Gasteiger partial charge on any atom is 0.255 e. The first kappa shape index (κ1) is 19.8. The van der Waals surface area contributed by atoms with Crippen molar-refractivity contribution in [3.63, 3.8) is 0 Å². The summed E-state index contributed by atoms with van der Waals surface area (Å²) in [7, 11) is 3.20. The Labute approximate surface area is 142 Å². The highest BCUT2D eigenvalue weighted by Gasteiger charge is 2.17. The fraction of sp³-hybridized carbons (Fsp3) is 0.529. The first-order chi connectivity index (χ1) is 11.3. The molecule has 0 aromatic heterocycles. The van der Waals surface area contributed by atoms with Gasteiger partial charge in [-0.05, 0) is 30.5 Å². The predicted octanol–water partition coefficient (Wildman–Crippen LogP) is 1.00. The maximum atomic E-state index is 12.5. The van der Waals surface area contributed by atoms with Gasteiger partial charge in [-0.2, -0.15) is 0 Å². The van der Waals surface area contributed by atoms with Gasteiger partial charge in [0.25, 0.3) is 11.8 Å². The van der Waals surface area contributed by atoms with Crippen molar-refractivity contribution in [1.29, 1.82) is 0 Å². The van der Waals surface area contributed by atoms with Crippen LogP contribution in [0.4, 0.5) is 0 Å². The van der Waals surface area contributed by atoms with Gasteiger partial charge in [0.2, 0.25) is 0 Å². The molecule has 0 saturated carbocycles. The summed E-state index contributed by atoms with van der Waals surface area (Å²) < 4.78 is 10.5. The summed E-state index contributed by atoms with van der Waals surface area (Å²) in [4.78, 5) is 24.9. The number of methoxy groups -OCH3 is 1. The molecule has 0 heterocycles. The van der Waals surface area contributed by atoms with E-state index in [1.165, 1.54) is 7.11 Å². The zero-order valence-corrected chi connectivity index (χ0v) is 14.7. The Hall–Kier alpha value is -2.28. The van der Waals surface area contributed by atoms with Crippen LogP contribution in [0.3, 0.4) is 0 Å². The molecule has 2 amide bonds. The van der Waals surface area contributed by atoms with Crippen molar-refractivity contribution in [2.75, 3.05) is 27.3 Å². The third-order valence-corrected chi connectivity index (χ3v) is 3.78. The minimum absolute atomic E-state index is 0.0550. The lowest BCUT2D eigenvalue weighted by molar-refractivity contribution is -0.119. The lowest BCUT2D eigenvalue weighted by Gasteiger charge is -2.22. The van der Waals surface area contributed by atoms with Crippen LogP contribution in [-0.2, 0) is 4.79 Å². The molecule has 7 nitrogen and oxygen atoms in total. The van der Waals surface area contributed by atoms with Gasteiger partial charge < -0.3 is 25.8 Å². The van der Waals surface area contributed by atoms with Crippen LogP contribution < -0.4 is 20.9 Å². The lowest BCUT2D eigenvalue weighted by atomic mass is 10.0. The first-order valence-corrected chi connectivity index (χ1v) is 7.86. The van der Waals surface area contributed by atoms with Crippen LogP contribution in [0.5, 0.6) is 11.5 Å². The average Bonchev–Trinajstić information content (AvgIpc) is 2.56. The van der Waals surface area contributed by atoms with Crippen LogP contribution in [0.2, 0.25) is 0 Å². The first-order valence-electron chi connectivity index (χ1n) is 7.86. The topological polar surface area (TPSA) is 108 Å². The summed E-state index contributed by atoms with van der Waals surface area (Å²) >= 11 is 0.